The molecule has 2 fully saturated rings. The van der Waals surface area contributed by atoms with Crippen LogP contribution in [-0.2, 0) is 20.7 Å². The van der Waals surface area contributed by atoms with Gasteiger partial charge in [0.05, 0.1) is 25.7 Å². The highest BCUT2D eigenvalue weighted by atomic mass is 32.1. The molecule has 1 aliphatic heterocycles. The zero-order valence-corrected chi connectivity index (χ0v) is 19.5. The van der Waals surface area contributed by atoms with Crippen molar-refractivity contribution in [3.05, 3.63) is 16.8 Å². The van der Waals surface area contributed by atoms with Crippen LogP contribution in [0.25, 0.3) is 10.2 Å². The summed E-state index contributed by atoms with van der Waals surface area (Å²) in [6.07, 6.45) is 6.23. The van der Waals surface area contributed by atoms with Crippen LogP contribution in [0.2, 0.25) is 0 Å². The summed E-state index contributed by atoms with van der Waals surface area (Å²) in [7, 11) is 0.990. The van der Waals surface area contributed by atoms with Crippen molar-refractivity contribution < 1.29 is 27.8 Å². The van der Waals surface area contributed by atoms with E-state index in [1.54, 1.807) is 0 Å². The molecule has 0 aromatic carbocycles. The van der Waals surface area contributed by atoms with Gasteiger partial charge < -0.3 is 14.2 Å². The van der Waals surface area contributed by atoms with E-state index in [1.807, 2.05) is 0 Å². The van der Waals surface area contributed by atoms with Crippen LogP contribution in [0.5, 0.6) is 5.88 Å². The number of aryl methyl sites for hydroxylation is 1. The van der Waals surface area contributed by atoms with Crippen LogP contribution in [0.15, 0.2) is 6.33 Å². The summed E-state index contributed by atoms with van der Waals surface area (Å²) in [5, 5.41) is 0.746. The van der Waals surface area contributed by atoms with Gasteiger partial charge in [0.25, 0.3) is 0 Å². The maximum atomic E-state index is 14.4. The average Bonchev–Trinajstić information content (AvgIpc) is 3.39. The van der Waals surface area contributed by atoms with E-state index < -0.39 is 24.2 Å². The van der Waals surface area contributed by atoms with Gasteiger partial charge in [-0.05, 0) is 50.0 Å². The number of rotatable bonds is 6. The molecule has 10 heteroatoms. The minimum atomic E-state index is -3.52. The lowest BCUT2D eigenvalue weighted by atomic mass is 9.91. The van der Waals surface area contributed by atoms with E-state index in [-0.39, 0.29) is 6.10 Å². The number of hydrogen-bond donors (Lipinski definition) is 0. The summed E-state index contributed by atoms with van der Waals surface area (Å²) in [6, 6.07) is 0.564. The number of hydrogen-bond acceptors (Lipinski definition) is 8. The molecule has 2 aliphatic carbocycles. The minimum absolute atomic E-state index is 0.0484. The highest BCUT2D eigenvalue weighted by Crippen LogP contribution is 2.49. The molecule has 1 unspecified atom stereocenters. The lowest BCUT2D eigenvalue weighted by molar-refractivity contribution is -0.170. The molecule has 3 aliphatic rings. The van der Waals surface area contributed by atoms with Crippen molar-refractivity contribution in [1.82, 2.24) is 14.9 Å². The summed E-state index contributed by atoms with van der Waals surface area (Å²) >= 11 is 1.51. The maximum Gasteiger partial charge on any atom is 0.376 e. The molecule has 180 valence electrons. The van der Waals surface area contributed by atoms with E-state index in [1.165, 1.54) is 17.7 Å². The van der Waals surface area contributed by atoms with Gasteiger partial charge in [0.15, 0.2) is 0 Å². The predicted molar refractivity (Wildman–Crippen MR) is 119 cm³/mol. The average molecular weight is 482 g/mol. The fourth-order valence-electron chi connectivity index (χ4n) is 5.50. The van der Waals surface area contributed by atoms with E-state index in [0.29, 0.717) is 24.8 Å². The largest absolute Gasteiger partial charge is 0.474 e. The van der Waals surface area contributed by atoms with Crippen molar-refractivity contribution in [2.24, 2.45) is 0 Å². The Morgan fingerprint density at radius 1 is 1.21 bits per heavy atom. The third-order valence-corrected chi connectivity index (χ3v) is 8.34. The Kier molecular flexibility index (Phi) is 6.50. The third-order valence-electron chi connectivity index (χ3n) is 7.17. The number of thiophene rings is 1. The molecule has 33 heavy (non-hydrogen) atoms. The topological polar surface area (TPSA) is 73.8 Å². The van der Waals surface area contributed by atoms with E-state index >= 15 is 0 Å². The molecule has 5 rings (SSSR count). The number of carbonyl (C=O) groups excluding carboxylic acids is 1. The Balaban J connectivity index is 1.32. The van der Waals surface area contributed by atoms with Crippen LogP contribution >= 0.6 is 11.3 Å². The van der Waals surface area contributed by atoms with Crippen molar-refractivity contribution in [1.29, 1.82) is 0 Å². The molecule has 2 aromatic heterocycles. The fraction of sp³-hybridized carbons (Fsp3) is 0.696. The number of morpholine rings is 1. The van der Waals surface area contributed by atoms with Crippen molar-refractivity contribution in [3.63, 3.8) is 0 Å². The number of aromatic nitrogens is 2. The summed E-state index contributed by atoms with van der Waals surface area (Å²) in [6.45, 7) is 3.58. The molecule has 1 saturated heterocycles. The van der Waals surface area contributed by atoms with Gasteiger partial charge >= 0.3 is 11.9 Å². The Bertz CT molecular complexity index is 1000. The molecule has 0 amide bonds. The van der Waals surface area contributed by atoms with Gasteiger partial charge in [0.1, 0.15) is 17.3 Å². The van der Waals surface area contributed by atoms with Crippen LogP contribution in [-0.4, -0.2) is 72.3 Å². The third kappa shape index (κ3) is 4.57. The van der Waals surface area contributed by atoms with Crippen molar-refractivity contribution in [2.45, 2.75) is 68.9 Å². The summed E-state index contributed by atoms with van der Waals surface area (Å²) in [5.74, 6) is -4.97. The minimum Gasteiger partial charge on any atom is -0.474 e. The molecule has 1 atom stereocenters. The van der Waals surface area contributed by atoms with Gasteiger partial charge in [-0.25, -0.2) is 14.8 Å². The van der Waals surface area contributed by atoms with Crippen LogP contribution in [0.1, 0.15) is 54.9 Å². The first-order valence-corrected chi connectivity index (χ1v) is 12.5. The number of nitrogens with zero attached hydrogens (tertiary/aromatic N) is 3. The zero-order chi connectivity index (χ0) is 23.0. The molecule has 0 radical (unpaired) electrons. The van der Waals surface area contributed by atoms with Crippen LogP contribution in [0.4, 0.5) is 8.78 Å². The molecular weight excluding hydrogens is 452 g/mol. The Labute approximate surface area is 195 Å². The van der Waals surface area contributed by atoms with Gasteiger partial charge in [0, 0.05) is 30.4 Å². The Morgan fingerprint density at radius 2 is 1.97 bits per heavy atom. The lowest BCUT2D eigenvalue weighted by Gasteiger charge is -2.38. The number of carbonyl (C=O) groups is 1. The molecule has 0 bridgehead atoms. The number of fused-ring (bicyclic) bond motifs is 3. The standard InChI is InChI=1S/C23H29F2N3O4S/c1-30-22(29)23(24,25)12-14-2-7-17-18(14)19-20(26-13-27-21(19)33-17)32-16-5-3-15(4-6-16)28-8-10-31-11-9-28/h13-16H,2-12H2,1H3. The van der Waals surface area contributed by atoms with E-state index in [0.717, 1.165) is 79.8 Å². The first kappa shape index (κ1) is 22.9. The number of esters is 1. The maximum absolute atomic E-state index is 14.4. The molecule has 7 nitrogen and oxygen atoms in total. The first-order chi connectivity index (χ1) is 16.0. The normalized spacial score (nSPS) is 26.3. The van der Waals surface area contributed by atoms with Crippen molar-refractivity contribution in [2.75, 3.05) is 33.4 Å². The van der Waals surface area contributed by atoms with Crippen molar-refractivity contribution >= 4 is 27.5 Å². The SMILES string of the molecule is COC(=O)C(F)(F)CC1CCc2sc3ncnc(OC4CCC(N5CCOCC5)CC4)c3c21. The molecule has 2 aromatic rings. The summed E-state index contributed by atoms with van der Waals surface area (Å²) in [5.41, 5.74) is 0.830. The van der Waals surface area contributed by atoms with E-state index in [9.17, 15) is 13.6 Å². The smallest absolute Gasteiger partial charge is 0.376 e. The van der Waals surface area contributed by atoms with Gasteiger partial charge in [-0.2, -0.15) is 8.78 Å². The first-order valence-electron chi connectivity index (χ1n) is 11.7. The lowest BCUT2D eigenvalue weighted by Crippen LogP contribution is -2.46. The Hall–Kier alpha value is -1.91. The van der Waals surface area contributed by atoms with E-state index in [4.69, 9.17) is 9.47 Å². The summed E-state index contributed by atoms with van der Waals surface area (Å²) < 4.78 is 44.9. The highest BCUT2D eigenvalue weighted by Gasteiger charge is 2.45. The molecule has 3 heterocycles. The van der Waals surface area contributed by atoms with Crippen LogP contribution in [0.3, 0.4) is 0 Å². The Morgan fingerprint density at radius 3 is 2.70 bits per heavy atom. The van der Waals surface area contributed by atoms with Crippen LogP contribution in [0, 0.1) is 0 Å². The quantitative estimate of drug-likeness (QED) is 0.579. The second-order valence-corrected chi connectivity index (χ2v) is 10.2. The summed E-state index contributed by atoms with van der Waals surface area (Å²) in [4.78, 5) is 24.7. The number of halogens is 2. The number of alkyl halides is 2. The second kappa shape index (κ2) is 9.38. The monoisotopic (exact) mass is 481 g/mol. The highest BCUT2D eigenvalue weighted by molar-refractivity contribution is 7.19. The fourth-order valence-corrected chi connectivity index (χ4v) is 6.74. The molecular formula is C23H29F2N3O4S. The number of methoxy groups -OCH3 is 1. The van der Waals surface area contributed by atoms with Gasteiger partial charge in [-0.3, -0.25) is 4.90 Å². The number of ether oxygens (including phenoxy) is 3. The predicted octanol–water partition coefficient (Wildman–Crippen LogP) is 3.94. The molecule has 0 N–H and O–H groups in total. The van der Waals surface area contributed by atoms with Crippen molar-refractivity contribution in [3.8, 4) is 5.88 Å². The zero-order valence-electron chi connectivity index (χ0n) is 18.7. The second-order valence-electron chi connectivity index (χ2n) is 9.13. The van der Waals surface area contributed by atoms with Crippen LogP contribution < -0.4 is 4.74 Å². The van der Waals surface area contributed by atoms with Gasteiger partial charge in [0.2, 0.25) is 5.88 Å². The molecule has 1 saturated carbocycles. The van der Waals surface area contributed by atoms with E-state index in [2.05, 4.69) is 19.6 Å². The molecule has 0 spiro atoms. The van der Waals surface area contributed by atoms with Gasteiger partial charge in [-0.1, -0.05) is 0 Å². The van der Waals surface area contributed by atoms with Gasteiger partial charge in [-0.15, -0.1) is 11.3 Å².